The molecule has 0 atom stereocenters. The lowest BCUT2D eigenvalue weighted by molar-refractivity contribution is 0.186. The maximum Gasteiger partial charge on any atom is 0.0720 e. The van der Waals surface area contributed by atoms with Crippen molar-refractivity contribution in [2.45, 2.75) is 6.61 Å². The summed E-state index contributed by atoms with van der Waals surface area (Å²) in [5.74, 6) is 0. The molecular formula is C11H11NO. The number of para-hydroxylation sites is 1. The van der Waals surface area contributed by atoms with E-state index in [1.165, 1.54) is 10.9 Å². The number of pyridine rings is 1. The highest BCUT2D eigenvalue weighted by molar-refractivity contribution is 5.81. The number of nitrogens with zero attached hydrogens (tertiary/aromatic N) is 1. The van der Waals surface area contributed by atoms with E-state index in [2.05, 4.69) is 11.1 Å². The van der Waals surface area contributed by atoms with E-state index in [1.54, 1.807) is 7.11 Å². The first-order valence-corrected chi connectivity index (χ1v) is 4.23. The van der Waals surface area contributed by atoms with E-state index >= 15 is 0 Å². The predicted octanol–water partition coefficient (Wildman–Crippen LogP) is 2.38. The molecule has 0 aliphatic carbocycles. The van der Waals surface area contributed by atoms with Crippen LogP contribution in [0.25, 0.3) is 10.9 Å². The molecule has 0 fully saturated rings. The lowest BCUT2D eigenvalue weighted by Gasteiger charge is -2.03. The minimum atomic E-state index is 0.642. The van der Waals surface area contributed by atoms with Crippen molar-refractivity contribution in [3.8, 4) is 0 Å². The van der Waals surface area contributed by atoms with Crippen molar-refractivity contribution in [1.82, 2.24) is 4.98 Å². The molecule has 0 radical (unpaired) electrons. The van der Waals surface area contributed by atoms with Gasteiger partial charge < -0.3 is 4.74 Å². The minimum Gasteiger partial charge on any atom is -0.380 e. The van der Waals surface area contributed by atoms with Crippen LogP contribution in [0.1, 0.15) is 5.56 Å². The molecule has 1 heterocycles. The highest BCUT2D eigenvalue weighted by Gasteiger charge is 1.99. The Labute approximate surface area is 77.2 Å². The van der Waals surface area contributed by atoms with Crippen LogP contribution in [0, 0.1) is 0 Å². The van der Waals surface area contributed by atoms with E-state index in [4.69, 9.17) is 4.74 Å². The summed E-state index contributed by atoms with van der Waals surface area (Å²) >= 11 is 0. The fraction of sp³-hybridized carbons (Fsp3) is 0.182. The number of hydrogen-bond donors (Lipinski definition) is 0. The quantitative estimate of drug-likeness (QED) is 0.695. The number of hydrogen-bond acceptors (Lipinski definition) is 2. The van der Waals surface area contributed by atoms with E-state index in [0.717, 1.165) is 5.52 Å². The molecule has 0 amide bonds. The number of benzene rings is 1. The lowest BCUT2D eigenvalue weighted by Crippen LogP contribution is -1.90. The molecule has 2 nitrogen and oxygen atoms in total. The molecule has 2 heteroatoms. The van der Waals surface area contributed by atoms with Crippen LogP contribution in [0.4, 0.5) is 0 Å². The average Bonchev–Trinajstić information content (AvgIpc) is 2.19. The molecule has 0 saturated heterocycles. The summed E-state index contributed by atoms with van der Waals surface area (Å²) < 4.78 is 5.11. The van der Waals surface area contributed by atoms with Gasteiger partial charge in [-0.05, 0) is 17.7 Å². The van der Waals surface area contributed by atoms with Crippen LogP contribution < -0.4 is 0 Å². The van der Waals surface area contributed by atoms with Gasteiger partial charge in [-0.1, -0.05) is 18.2 Å². The normalized spacial score (nSPS) is 10.5. The summed E-state index contributed by atoms with van der Waals surface area (Å²) in [5.41, 5.74) is 2.21. The zero-order chi connectivity index (χ0) is 9.10. The summed E-state index contributed by atoms with van der Waals surface area (Å²) in [6.45, 7) is 0.642. The Hall–Kier alpha value is -1.41. The number of fused-ring (bicyclic) bond motifs is 1. The second-order valence-electron chi connectivity index (χ2n) is 2.92. The molecular weight excluding hydrogens is 162 g/mol. The standard InChI is InChI=1S/C11H11NO/c1-13-8-9-6-7-12-11-5-3-2-4-10(9)11/h2-7H,8H2,1H3. The maximum absolute atomic E-state index is 5.11. The molecule has 1 aromatic heterocycles. The Balaban J connectivity index is 2.61. The Morgan fingerprint density at radius 1 is 1.23 bits per heavy atom. The zero-order valence-corrected chi connectivity index (χ0v) is 7.53. The highest BCUT2D eigenvalue weighted by atomic mass is 16.5. The van der Waals surface area contributed by atoms with E-state index in [9.17, 15) is 0 Å². The maximum atomic E-state index is 5.11. The molecule has 0 spiro atoms. The van der Waals surface area contributed by atoms with E-state index in [0.29, 0.717) is 6.61 Å². The topological polar surface area (TPSA) is 22.1 Å². The molecule has 1 aromatic carbocycles. The lowest BCUT2D eigenvalue weighted by atomic mass is 10.1. The predicted molar refractivity (Wildman–Crippen MR) is 52.5 cm³/mol. The van der Waals surface area contributed by atoms with Gasteiger partial charge >= 0.3 is 0 Å². The molecule has 0 aliphatic heterocycles. The summed E-state index contributed by atoms with van der Waals surface area (Å²) in [6.07, 6.45) is 1.82. The van der Waals surface area contributed by atoms with Crippen LogP contribution in [0.5, 0.6) is 0 Å². The summed E-state index contributed by atoms with van der Waals surface area (Å²) in [7, 11) is 1.70. The fourth-order valence-corrected chi connectivity index (χ4v) is 1.44. The first-order valence-electron chi connectivity index (χ1n) is 4.23. The summed E-state index contributed by atoms with van der Waals surface area (Å²) in [5, 5.41) is 1.17. The van der Waals surface area contributed by atoms with Crippen molar-refractivity contribution in [3.63, 3.8) is 0 Å². The molecule has 13 heavy (non-hydrogen) atoms. The van der Waals surface area contributed by atoms with Gasteiger partial charge in [0.1, 0.15) is 0 Å². The molecule has 0 N–H and O–H groups in total. The Bertz CT molecular complexity index is 406. The molecule has 0 aliphatic rings. The van der Waals surface area contributed by atoms with Crippen molar-refractivity contribution in [2.75, 3.05) is 7.11 Å². The smallest absolute Gasteiger partial charge is 0.0720 e. The van der Waals surface area contributed by atoms with Gasteiger partial charge in [0.05, 0.1) is 12.1 Å². The largest absolute Gasteiger partial charge is 0.380 e. The number of rotatable bonds is 2. The van der Waals surface area contributed by atoms with Crippen molar-refractivity contribution < 1.29 is 4.74 Å². The van der Waals surface area contributed by atoms with Gasteiger partial charge in [-0.3, -0.25) is 4.98 Å². The summed E-state index contributed by atoms with van der Waals surface area (Å²) in [6, 6.07) is 10.1. The van der Waals surface area contributed by atoms with Crippen LogP contribution in [0.2, 0.25) is 0 Å². The second-order valence-corrected chi connectivity index (χ2v) is 2.92. The monoisotopic (exact) mass is 173 g/mol. The van der Waals surface area contributed by atoms with Crippen molar-refractivity contribution >= 4 is 10.9 Å². The minimum absolute atomic E-state index is 0.642. The van der Waals surface area contributed by atoms with Crippen molar-refractivity contribution in [2.24, 2.45) is 0 Å². The highest BCUT2D eigenvalue weighted by Crippen LogP contribution is 2.16. The average molecular weight is 173 g/mol. The van der Waals surface area contributed by atoms with Crippen LogP contribution in [-0.4, -0.2) is 12.1 Å². The first-order chi connectivity index (χ1) is 6.42. The Morgan fingerprint density at radius 3 is 2.92 bits per heavy atom. The second kappa shape index (κ2) is 3.54. The van der Waals surface area contributed by atoms with Crippen LogP contribution >= 0.6 is 0 Å². The molecule has 2 aromatic rings. The molecule has 0 unspecified atom stereocenters. The van der Waals surface area contributed by atoms with Crippen molar-refractivity contribution in [1.29, 1.82) is 0 Å². The van der Waals surface area contributed by atoms with E-state index in [1.807, 2.05) is 30.5 Å². The van der Waals surface area contributed by atoms with Gasteiger partial charge in [-0.25, -0.2) is 0 Å². The molecule has 66 valence electrons. The van der Waals surface area contributed by atoms with Gasteiger partial charge in [0.15, 0.2) is 0 Å². The van der Waals surface area contributed by atoms with E-state index in [-0.39, 0.29) is 0 Å². The Morgan fingerprint density at radius 2 is 2.08 bits per heavy atom. The van der Waals surface area contributed by atoms with E-state index < -0.39 is 0 Å². The van der Waals surface area contributed by atoms with Crippen molar-refractivity contribution in [3.05, 3.63) is 42.1 Å². The number of aromatic nitrogens is 1. The van der Waals surface area contributed by atoms with Crippen LogP contribution in [0.3, 0.4) is 0 Å². The van der Waals surface area contributed by atoms with Gasteiger partial charge in [-0.2, -0.15) is 0 Å². The third-order valence-corrected chi connectivity index (χ3v) is 2.04. The SMILES string of the molecule is COCc1ccnc2ccccc12. The Kier molecular flexibility index (Phi) is 2.23. The van der Waals surface area contributed by atoms with Gasteiger partial charge in [0, 0.05) is 18.7 Å². The van der Waals surface area contributed by atoms with Crippen LogP contribution in [0.15, 0.2) is 36.5 Å². The van der Waals surface area contributed by atoms with Crippen LogP contribution in [-0.2, 0) is 11.3 Å². The number of methoxy groups -OCH3 is 1. The first kappa shape index (κ1) is 8.20. The molecule has 0 bridgehead atoms. The summed E-state index contributed by atoms with van der Waals surface area (Å²) in [4.78, 5) is 4.27. The molecule has 2 rings (SSSR count). The van der Waals surface area contributed by atoms with Gasteiger partial charge in [0.25, 0.3) is 0 Å². The fourth-order valence-electron chi connectivity index (χ4n) is 1.44. The molecule has 0 saturated carbocycles. The van der Waals surface area contributed by atoms with Gasteiger partial charge in [-0.15, -0.1) is 0 Å². The third kappa shape index (κ3) is 1.53. The van der Waals surface area contributed by atoms with Gasteiger partial charge in [0.2, 0.25) is 0 Å². The third-order valence-electron chi connectivity index (χ3n) is 2.04. The number of ether oxygens (including phenoxy) is 1. The zero-order valence-electron chi connectivity index (χ0n) is 7.53.